The maximum atomic E-state index is 12.6. The van der Waals surface area contributed by atoms with Crippen molar-refractivity contribution < 1.29 is 14.5 Å². The van der Waals surface area contributed by atoms with Crippen LogP contribution in [0.3, 0.4) is 0 Å². The van der Waals surface area contributed by atoms with Gasteiger partial charge in [0.15, 0.2) is 0 Å². The van der Waals surface area contributed by atoms with Gasteiger partial charge in [0, 0.05) is 5.69 Å². The monoisotopic (exact) mass is 400 g/mol. The van der Waals surface area contributed by atoms with Crippen LogP contribution in [0.1, 0.15) is 67.7 Å². The predicted molar refractivity (Wildman–Crippen MR) is 110 cm³/mol. The minimum absolute atomic E-state index is 0.198. The summed E-state index contributed by atoms with van der Waals surface area (Å²) < 4.78 is 6.05. The highest BCUT2D eigenvalue weighted by molar-refractivity contribution is 6.05. The van der Waals surface area contributed by atoms with Crippen LogP contribution in [0.4, 0.5) is 11.4 Å². The van der Waals surface area contributed by atoms with Crippen LogP contribution in [0.25, 0.3) is 0 Å². The average Bonchev–Trinajstić information content (AvgIpc) is 3.11. The van der Waals surface area contributed by atoms with Gasteiger partial charge >= 0.3 is 5.69 Å². The van der Waals surface area contributed by atoms with Crippen molar-refractivity contribution in [1.82, 2.24) is 10.2 Å². The minimum atomic E-state index is -0.602. The molecular weight excluding hydrogens is 372 g/mol. The molecule has 1 aromatic carbocycles. The lowest BCUT2D eigenvalue weighted by Crippen LogP contribution is -2.21. The number of nitrogens with zero attached hydrogens (tertiary/aromatic N) is 2. The van der Waals surface area contributed by atoms with Gasteiger partial charge in [-0.15, -0.1) is 0 Å². The second kappa shape index (κ2) is 9.65. The maximum absolute atomic E-state index is 12.6. The number of nitro groups is 1. The molecule has 156 valence electrons. The number of aromatic amines is 1. The van der Waals surface area contributed by atoms with Crippen molar-refractivity contribution in [3.05, 3.63) is 51.3 Å². The first-order valence-electron chi connectivity index (χ1n) is 10.2. The van der Waals surface area contributed by atoms with Gasteiger partial charge in [-0.3, -0.25) is 20.0 Å². The largest absolute Gasteiger partial charge is 0.374 e. The van der Waals surface area contributed by atoms with Crippen LogP contribution in [0, 0.1) is 16.0 Å². The van der Waals surface area contributed by atoms with E-state index in [1.165, 1.54) is 12.8 Å². The molecule has 0 saturated heterocycles. The summed E-state index contributed by atoms with van der Waals surface area (Å²) in [5, 5.41) is 20.6. The molecule has 1 saturated carbocycles. The molecule has 1 aromatic heterocycles. The molecule has 1 aliphatic rings. The molecule has 1 fully saturated rings. The first-order chi connectivity index (χ1) is 14.0. The fourth-order valence-corrected chi connectivity index (χ4v) is 3.82. The smallest absolute Gasteiger partial charge is 0.322 e. The van der Waals surface area contributed by atoms with Crippen molar-refractivity contribution in [3.63, 3.8) is 0 Å². The first kappa shape index (κ1) is 21.0. The average molecular weight is 400 g/mol. The second-order valence-electron chi connectivity index (χ2n) is 7.77. The molecule has 2 unspecified atom stereocenters. The number of ether oxygens (including phenoxy) is 1. The molecule has 0 radical (unpaired) electrons. The van der Waals surface area contributed by atoms with Gasteiger partial charge in [0.25, 0.3) is 5.91 Å². The molecule has 2 atom stereocenters. The van der Waals surface area contributed by atoms with Crippen LogP contribution in [0.5, 0.6) is 0 Å². The van der Waals surface area contributed by atoms with Crippen LogP contribution < -0.4 is 5.32 Å². The molecule has 0 spiro atoms. The number of hydrogen-bond donors (Lipinski definition) is 2. The van der Waals surface area contributed by atoms with Gasteiger partial charge in [0.2, 0.25) is 5.69 Å². The molecule has 29 heavy (non-hydrogen) atoms. The fraction of sp³-hybridized carbons (Fsp3) is 0.524. The zero-order valence-electron chi connectivity index (χ0n) is 16.9. The van der Waals surface area contributed by atoms with E-state index < -0.39 is 10.8 Å². The van der Waals surface area contributed by atoms with E-state index in [4.69, 9.17) is 4.74 Å². The van der Waals surface area contributed by atoms with E-state index in [1.807, 2.05) is 25.1 Å². The molecule has 2 aromatic rings. The molecule has 0 bridgehead atoms. The molecule has 0 aliphatic heterocycles. The summed E-state index contributed by atoms with van der Waals surface area (Å²) in [4.78, 5) is 23.4. The number of carbonyl (C=O) groups is 1. The Hall–Kier alpha value is -2.74. The Morgan fingerprint density at radius 3 is 2.97 bits per heavy atom. The Balaban J connectivity index is 1.65. The molecule has 2 N–H and O–H groups in total. The molecule has 8 nitrogen and oxygen atoms in total. The Morgan fingerprint density at radius 1 is 1.41 bits per heavy atom. The van der Waals surface area contributed by atoms with Crippen LogP contribution in [-0.2, 0) is 17.8 Å². The molecular formula is C21H28N4O4. The highest BCUT2D eigenvalue weighted by atomic mass is 16.6. The zero-order chi connectivity index (χ0) is 20.8. The van der Waals surface area contributed by atoms with Gasteiger partial charge in [0.05, 0.1) is 17.6 Å². The number of nitrogens with one attached hydrogen (secondary N) is 2. The summed E-state index contributed by atoms with van der Waals surface area (Å²) in [6.07, 6.45) is 6.09. The van der Waals surface area contributed by atoms with Gasteiger partial charge in [-0.2, -0.15) is 5.10 Å². The summed E-state index contributed by atoms with van der Waals surface area (Å²) >= 11 is 0. The fourth-order valence-electron chi connectivity index (χ4n) is 3.82. The quantitative estimate of drug-likeness (QED) is 0.496. The van der Waals surface area contributed by atoms with Crippen molar-refractivity contribution in [2.45, 2.75) is 65.1 Å². The van der Waals surface area contributed by atoms with E-state index in [0.29, 0.717) is 36.7 Å². The Bertz CT molecular complexity index is 864. The van der Waals surface area contributed by atoms with Crippen LogP contribution in [-0.4, -0.2) is 27.1 Å². The number of amides is 1. The molecule has 1 amide bonds. The molecule has 3 rings (SSSR count). The number of anilines is 1. The van der Waals surface area contributed by atoms with E-state index in [-0.39, 0.29) is 17.5 Å². The number of carbonyl (C=O) groups excluding carboxylic acids is 1. The zero-order valence-corrected chi connectivity index (χ0v) is 16.9. The van der Waals surface area contributed by atoms with Crippen LogP contribution >= 0.6 is 0 Å². The third-order valence-electron chi connectivity index (χ3n) is 5.27. The van der Waals surface area contributed by atoms with Crippen molar-refractivity contribution >= 4 is 17.3 Å². The second-order valence-corrected chi connectivity index (χ2v) is 7.77. The standard InChI is InChI=1S/C21H28N4O4/c1-3-6-18-20(25(27)28)19(24-23-18)21(26)22-16-9-5-8-15(12-16)13-29-17-10-4-7-14(2)11-17/h5,8-9,12,14,17H,3-4,6-7,10-11,13H2,1-2H3,(H,22,26)(H,23,24). The van der Waals surface area contributed by atoms with Gasteiger partial charge in [-0.1, -0.05) is 45.2 Å². The predicted octanol–water partition coefficient (Wildman–Crippen LogP) is 4.62. The van der Waals surface area contributed by atoms with Crippen molar-refractivity contribution in [3.8, 4) is 0 Å². The summed E-state index contributed by atoms with van der Waals surface area (Å²) in [6, 6.07) is 7.35. The minimum Gasteiger partial charge on any atom is -0.374 e. The highest BCUT2D eigenvalue weighted by Crippen LogP contribution is 2.27. The lowest BCUT2D eigenvalue weighted by atomic mass is 9.89. The SMILES string of the molecule is CCCc1[nH]nc(C(=O)Nc2cccc(COC3CCCC(C)C3)c2)c1[N+](=O)[O-]. The normalized spacial score (nSPS) is 19.1. The summed E-state index contributed by atoms with van der Waals surface area (Å²) in [7, 11) is 0. The Labute approximate surface area is 170 Å². The maximum Gasteiger partial charge on any atom is 0.322 e. The third kappa shape index (κ3) is 5.41. The van der Waals surface area contributed by atoms with E-state index in [9.17, 15) is 14.9 Å². The van der Waals surface area contributed by atoms with E-state index in [0.717, 1.165) is 18.4 Å². The topological polar surface area (TPSA) is 110 Å². The number of rotatable bonds is 8. The van der Waals surface area contributed by atoms with E-state index >= 15 is 0 Å². The van der Waals surface area contributed by atoms with Crippen molar-refractivity contribution in [2.75, 3.05) is 5.32 Å². The van der Waals surface area contributed by atoms with E-state index in [2.05, 4.69) is 22.4 Å². The van der Waals surface area contributed by atoms with Gasteiger partial charge in [-0.05, 0) is 42.9 Å². The number of benzene rings is 1. The van der Waals surface area contributed by atoms with Gasteiger partial charge in [0.1, 0.15) is 5.69 Å². The summed E-state index contributed by atoms with van der Waals surface area (Å²) in [5.74, 6) is 0.0936. The van der Waals surface area contributed by atoms with Gasteiger partial charge in [-0.25, -0.2) is 0 Å². The molecule has 1 heterocycles. The van der Waals surface area contributed by atoms with Crippen LogP contribution in [0.2, 0.25) is 0 Å². The summed E-state index contributed by atoms with van der Waals surface area (Å²) in [6.45, 7) is 4.64. The van der Waals surface area contributed by atoms with E-state index in [1.54, 1.807) is 6.07 Å². The Kier molecular flexibility index (Phi) is 6.98. The molecule has 8 heteroatoms. The first-order valence-corrected chi connectivity index (χ1v) is 10.2. The number of aromatic nitrogens is 2. The number of H-pyrrole nitrogens is 1. The lowest BCUT2D eigenvalue weighted by molar-refractivity contribution is -0.385. The lowest BCUT2D eigenvalue weighted by Gasteiger charge is -2.26. The highest BCUT2D eigenvalue weighted by Gasteiger charge is 2.28. The van der Waals surface area contributed by atoms with Crippen LogP contribution in [0.15, 0.2) is 24.3 Å². The number of aryl methyl sites for hydroxylation is 1. The number of hydrogen-bond acceptors (Lipinski definition) is 5. The van der Waals surface area contributed by atoms with Crippen molar-refractivity contribution in [1.29, 1.82) is 0 Å². The summed E-state index contributed by atoms with van der Waals surface area (Å²) in [5.41, 5.74) is 1.42. The third-order valence-corrected chi connectivity index (χ3v) is 5.27. The van der Waals surface area contributed by atoms with Gasteiger partial charge < -0.3 is 10.1 Å². The van der Waals surface area contributed by atoms with Crippen molar-refractivity contribution in [2.24, 2.45) is 5.92 Å². The molecule has 1 aliphatic carbocycles. The Morgan fingerprint density at radius 2 is 2.24 bits per heavy atom.